The van der Waals surface area contributed by atoms with Gasteiger partial charge in [0.05, 0.1) is 6.54 Å². The Morgan fingerprint density at radius 1 is 1.11 bits per heavy atom. The second-order valence-electron chi connectivity index (χ2n) is 5.81. The van der Waals surface area contributed by atoms with Crippen LogP contribution >= 0.6 is 0 Å². The van der Waals surface area contributed by atoms with Crippen molar-refractivity contribution in [1.82, 2.24) is 16.0 Å². The Balaban J connectivity index is 2.02. The average molecular weight is 390 g/mol. The number of carbonyl (C=O) groups is 1. The van der Waals surface area contributed by atoms with Crippen molar-refractivity contribution >= 4 is 11.9 Å². The second kappa shape index (κ2) is 10.9. The molecule has 0 aliphatic rings. The number of nitrogens with zero attached hydrogens (tertiary/aromatic N) is 1. The Hall–Kier alpha value is -3.16. The Morgan fingerprint density at radius 2 is 1.82 bits per heavy atom. The van der Waals surface area contributed by atoms with Gasteiger partial charge in [0.25, 0.3) is 5.91 Å². The summed E-state index contributed by atoms with van der Waals surface area (Å²) in [5.74, 6) is 0.533. The summed E-state index contributed by atoms with van der Waals surface area (Å²) < 4.78 is 29.6. The molecule has 2 rings (SSSR count). The van der Waals surface area contributed by atoms with Crippen LogP contribution in [0.15, 0.2) is 53.5 Å². The number of ether oxygens (including phenoxy) is 1. The molecule has 0 unspecified atom stereocenters. The van der Waals surface area contributed by atoms with E-state index in [1.807, 2.05) is 19.1 Å². The van der Waals surface area contributed by atoms with E-state index >= 15 is 0 Å². The molecule has 0 saturated carbocycles. The van der Waals surface area contributed by atoms with Crippen LogP contribution in [-0.2, 0) is 13.1 Å². The molecule has 28 heavy (non-hydrogen) atoms. The zero-order valence-corrected chi connectivity index (χ0v) is 15.8. The molecule has 0 radical (unpaired) electrons. The first-order valence-corrected chi connectivity index (χ1v) is 8.89. The molecule has 150 valence electrons. The largest absolute Gasteiger partial charge is 0.434 e. The van der Waals surface area contributed by atoms with Crippen molar-refractivity contribution in [1.29, 1.82) is 0 Å². The van der Waals surface area contributed by atoms with Crippen molar-refractivity contribution in [2.75, 3.05) is 13.6 Å². The van der Waals surface area contributed by atoms with E-state index in [0.717, 1.165) is 5.56 Å². The third-order valence-corrected chi connectivity index (χ3v) is 3.84. The van der Waals surface area contributed by atoms with Crippen LogP contribution in [-0.4, -0.2) is 32.1 Å². The summed E-state index contributed by atoms with van der Waals surface area (Å²) in [6.07, 6.45) is 0. The summed E-state index contributed by atoms with van der Waals surface area (Å²) in [5.41, 5.74) is 2.12. The van der Waals surface area contributed by atoms with Gasteiger partial charge in [-0.15, -0.1) is 0 Å². The highest BCUT2D eigenvalue weighted by atomic mass is 19.3. The lowest BCUT2D eigenvalue weighted by Gasteiger charge is -2.14. The number of para-hydroxylation sites is 1. The topological polar surface area (TPSA) is 74.8 Å². The lowest BCUT2D eigenvalue weighted by Crippen LogP contribution is -2.36. The first kappa shape index (κ1) is 21.1. The van der Waals surface area contributed by atoms with Gasteiger partial charge in [-0.2, -0.15) is 8.78 Å². The number of rotatable bonds is 8. The normalized spacial score (nSPS) is 11.2. The molecule has 0 aliphatic heterocycles. The molecule has 3 N–H and O–H groups in total. The first-order valence-electron chi connectivity index (χ1n) is 8.89. The van der Waals surface area contributed by atoms with Crippen LogP contribution < -0.4 is 20.7 Å². The van der Waals surface area contributed by atoms with Gasteiger partial charge in [-0.3, -0.25) is 4.79 Å². The minimum absolute atomic E-state index is 0.130. The quantitative estimate of drug-likeness (QED) is 0.479. The Labute approximate surface area is 163 Å². The number of nitrogens with one attached hydrogen (secondary N) is 3. The first-order chi connectivity index (χ1) is 13.5. The fourth-order valence-electron chi connectivity index (χ4n) is 2.46. The van der Waals surface area contributed by atoms with Gasteiger partial charge in [-0.1, -0.05) is 30.3 Å². The molecule has 0 fully saturated rings. The molecule has 1 amide bonds. The zero-order chi connectivity index (χ0) is 20.4. The number of carbonyl (C=O) groups excluding carboxylic acids is 1. The van der Waals surface area contributed by atoms with E-state index in [2.05, 4.69) is 25.7 Å². The SMILES string of the molecule is CCNC(=NCc1ccc(C(=O)NC)cc1)NCc1ccccc1OC(F)F. The number of guanidine groups is 1. The van der Waals surface area contributed by atoms with Crippen LogP contribution in [0, 0.1) is 0 Å². The number of halogens is 2. The third kappa shape index (κ3) is 6.53. The predicted molar refractivity (Wildman–Crippen MR) is 105 cm³/mol. The van der Waals surface area contributed by atoms with Gasteiger partial charge in [0, 0.05) is 31.3 Å². The summed E-state index contributed by atoms with van der Waals surface area (Å²) in [6, 6.07) is 13.8. The van der Waals surface area contributed by atoms with Gasteiger partial charge in [-0.05, 0) is 30.7 Å². The fraction of sp³-hybridized carbons (Fsp3) is 0.300. The Kier molecular flexibility index (Phi) is 8.20. The van der Waals surface area contributed by atoms with Crippen molar-refractivity contribution in [3.63, 3.8) is 0 Å². The van der Waals surface area contributed by atoms with Crippen molar-refractivity contribution in [2.45, 2.75) is 26.6 Å². The van der Waals surface area contributed by atoms with Gasteiger partial charge >= 0.3 is 6.61 Å². The summed E-state index contributed by atoms with van der Waals surface area (Å²) in [4.78, 5) is 16.1. The summed E-state index contributed by atoms with van der Waals surface area (Å²) >= 11 is 0. The number of amides is 1. The minimum Gasteiger partial charge on any atom is -0.434 e. The van der Waals surface area contributed by atoms with Crippen LogP contribution in [0.25, 0.3) is 0 Å². The highest BCUT2D eigenvalue weighted by Gasteiger charge is 2.09. The van der Waals surface area contributed by atoms with Gasteiger partial charge < -0.3 is 20.7 Å². The molecule has 0 saturated heterocycles. The molecule has 8 heteroatoms. The summed E-state index contributed by atoms with van der Waals surface area (Å²) in [7, 11) is 1.58. The molecule has 0 bridgehead atoms. The van der Waals surface area contributed by atoms with Gasteiger partial charge in [0.2, 0.25) is 0 Å². The highest BCUT2D eigenvalue weighted by Crippen LogP contribution is 2.19. The molecule has 2 aromatic rings. The standard InChI is InChI=1S/C20H24F2N4O2/c1-3-24-20(25-12-14-8-10-15(11-9-14)18(27)23-2)26-13-16-6-4-5-7-17(16)28-19(21)22/h4-11,19H,3,12-13H2,1-2H3,(H,23,27)(H2,24,25,26). The van der Waals surface area contributed by atoms with Crippen molar-refractivity contribution in [3.8, 4) is 5.75 Å². The average Bonchev–Trinajstić information content (AvgIpc) is 2.70. The summed E-state index contributed by atoms with van der Waals surface area (Å²) in [5, 5.41) is 8.79. The lowest BCUT2D eigenvalue weighted by atomic mass is 10.1. The number of hydrogen-bond donors (Lipinski definition) is 3. The number of aliphatic imine (C=N–C) groups is 1. The maximum atomic E-state index is 12.5. The van der Waals surface area contributed by atoms with Crippen molar-refractivity contribution in [3.05, 3.63) is 65.2 Å². The van der Waals surface area contributed by atoms with Crippen LogP contribution in [0.3, 0.4) is 0 Å². The molecule has 0 spiro atoms. The molecule has 0 heterocycles. The van der Waals surface area contributed by atoms with Crippen LogP contribution in [0.1, 0.15) is 28.4 Å². The van der Waals surface area contributed by atoms with E-state index in [0.29, 0.717) is 30.2 Å². The highest BCUT2D eigenvalue weighted by molar-refractivity contribution is 5.93. The van der Waals surface area contributed by atoms with E-state index in [9.17, 15) is 13.6 Å². The monoisotopic (exact) mass is 390 g/mol. The Bertz CT molecular complexity index is 795. The predicted octanol–water partition coefficient (Wildman–Crippen LogP) is 2.90. The number of benzene rings is 2. The minimum atomic E-state index is -2.87. The molecule has 0 aromatic heterocycles. The molecule has 2 aromatic carbocycles. The van der Waals surface area contributed by atoms with Crippen LogP contribution in [0.2, 0.25) is 0 Å². The maximum Gasteiger partial charge on any atom is 0.387 e. The lowest BCUT2D eigenvalue weighted by molar-refractivity contribution is -0.0504. The molecule has 0 aliphatic carbocycles. The number of hydrogen-bond acceptors (Lipinski definition) is 3. The van der Waals surface area contributed by atoms with Gasteiger partial charge in [-0.25, -0.2) is 4.99 Å². The van der Waals surface area contributed by atoms with E-state index in [1.165, 1.54) is 6.07 Å². The molecular formula is C20H24F2N4O2. The fourth-order valence-corrected chi connectivity index (χ4v) is 2.46. The zero-order valence-electron chi connectivity index (χ0n) is 15.8. The van der Waals surface area contributed by atoms with Crippen LogP contribution in [0.4, 0.5) is 8.78 Å². The van der Waals surface area contributed by atoms with Crippen LogP contribution in [0.5, 0.6) is 5.75 Å². The third-order valence-electron chi connectivity index (χ3n) is 3.84. The molecule has 0 atom stereocenters. The summed E-state index contributed by atoms with van der Waals surface area (Å²) in [6.45, 7) is 0.392. The Morgan fingerprint density at radius 3 is 2.46 bits per heavy atom. The van der Waals surface area contributed by atoms with E-state index in [1.54, 1.807) is 37.4 Å². The van der Waals surface area contributed by atoms with Gasteiger partial charge in [0.15, 0.2) is 5.96 Å². The van der Waals surface area contributed by atoms with Crippen molar-refractivity contribution in [2.24, 2.45) is 4.99 Å². The van der Waals surface area contributed by atoms with E-state index in [4.69, 9.17) is 0 Å². The van der Waals surface area contributed by atoms with Gasteiger partial charge in [0.1, 0.15) is 5.75 Å². The van der Waals surface area contributed by atoms with E-state index in [-0.39, 0.29) is 18.2 Å². The maximum absolute atomic E-state index is 12.5. The van der Waals surface area contributed by atoms with E-state index < -0.39 is 6.61 Å². The second-order valence-corrected chi connectivity index (χ2v) is 5.81. The molecular weight excluding hydrogens is 366 g/mol. The smallest absolute Gasteiger partial charge is 0.387 e. The van der Waals surface area contributed by atoms with Crippen molar-refractivity contribution < 1.29 is 18.3 Å². The number of alkyl halides is 2. The molecule has 6 nitrogen and oxygen atoms in total.